The molecule has 1 aromatic carbocycles. The van der Waals surface area contributed by atoms with E-state index in [1.807, 2.05) is 30.3 Å². The normalized spacial score (nSPS) is 15.4. The van der Waals surface area contributed by atoms with E-state index in [2.05, 4.69) is 4.99 Å². The van der Waals surface area contributed by atoms with Crippen molar-refractivity contribution in [3.8, 4) is 0 Å². The molecule has 1 heterocycles. The summed E-state index contributed by atoms with van der Waals surface area (Å²) in [7, 11) is 0. The van der Waals surface area contributed by atoms with Crippen molar-refractivity contribution in [2.24, 2.45) is 4.99 Å². The summed E-state index contributed by atoms with van der Waals surface area (Å²) in [4.78, 5) is 15.0. The molecule has 0 atom stereocenters. The molecule has 0 fully saturated rings. The first-order valence-corrected chi connectivity index (χ1v) is 4.10. The molecule has 3 heteroatoms. The number of benzene rings is 1. The first-order chi connectivity index (χ1) is 6.36. The number of ether oxygens (including phenoxy) is 1. The van der Waals surface area contributed by atoms with Gasteiger partial charge in [-0.3, -0.25) is 0 Å². The van der Waals surface area contributed by atoms with Crippen molar-refractivity contribution in [3.05, 3.63) is 35.9 Å². The fourth-order valence-corrected chi connectivity index (χ4v) is 1.23. The van der Waals surface area contributed by atoms with E-state index in [-0.39, 0.29) is 12.7 Å². The molecule has 0 N–H and O–H groups in total. The number of rotatable bonds is 2. The van der Waals surface area contributed by atoms with Crippen LogP contribution in [0.15, 0.2) is 35.3 Å². The summed E-state index contributed by atoms with van der Waals surface area (Å²) in [5.41, 5.74) is 1.60. The first-order valence-electron chi connectivity index (χ1n) is 4.10. The van der Waals surface area contributed by atoms with Gasteiger partial charge in [0, 0.05) is 6.42 Å². The summed E-state index contributed by atoms with van der Waals surface area (Å²) in [5, 5.41) is 0. The van der Waals surface area contributed by atoms with Crippen LogP contribution in [0.4, 0.5) is 0 Å². The minimum absolute atomic E-state index is 0.182. The topological polar surface area (TPSA) is 38.7 Å². The van der Waals surface area contributed by atoms with Gasteiger partial charge in [0.25, 0.3) is 0 Å². The molecule has 0 unspecified atom stereocenters. The summed E-state index contributed by atoms with van der Waals surface area (Å²) in [6.45, 7) is 0.182. The molecule has 3 nitrogen and oxygen atoms in total. The molecule has 0 aromatic heterocycles. The minimum Gasteiger partial charge on any atom is -0.438 e. The minimum atomic E-state index is -0.288. The quantitative estimate of drug-likeness (QED) is 0.633. The highest BCUT2D eigenvalue weighted by Gasteiger charge is 2.18. The van der Waals surface area contributed by atoms with E-state index >= 15 is 0 Å². The lowest BCUT2D eigenvalue weighted by molar-refractivity contribution is -0.133. The molecular weight excluding hydrogens is 166 g/mol. The summed E-state index contributed by atoms with van der Waals surface area (Å²) >= 11 is 0. The monoisotopic (exact) mass is 175 g/mol. The standard InChI is InChI=1S/C10H9NO2/c12-10-9(11-7-13-10)6-8-4-2-1-3-5-8/h1-5H,6-7H2. The van der Waals surface area contributed by atoms with Crippen molar-refractivity contribution in [3.63, 3.8) is 0 Å². The van der Waals surface area contributed by atoms with E-state index in [9.17, 15) is 4.79 Å². The molecule has 1 aromatic rings. The summed E-state index contributed by atoms with van der Waals surface area (Å²) < 4.78 is 4.70. The van der Waals surface area contributed by atoms with Gasteiger partial charge in [-0.1, -0.05) is 30.3 Å². The summed E-state index contributed by atoms with van der Waals surface area (Å²) in [6.07, 6.45) is 0.569. The lowest BCUT2D eigenvalue weighted by Gasteiger charge is -1.97. The molecule has 13 heavy (non-hydrogen) atoms. The molecule has 0 bridgehead atoms. The lowest BCUT2D eigenvalue weighted by atomic mass is 10.1. The van der Waals surface area contributed by atoms with Crippen LogP contribution in [-0.2, 0) is 16.0 Å². The molecule has 0 saturated carbocycles. The second kappa shape index (κ2) is 3.39. The fourth-order valence-electron chi connectivity index (χ4n) is 1.23. The predicted octanol–water partition coefficient (Wildman–Crippen LogP) is 1.18. The highest BCUT2D eigenvalue weighted by Crippen LogP contribution is 2.05. The molecule has 0 aliphatic carbocycles. The van der Waals surface area contributed by atoms with Gasteiger partial charge in [0.15, 0.2) is 6.73 Å². The van der Waals surface area contributed by atoms with Crippen LogP contribution in [0.2, 0.25) is 0 Å². The van der Waals surface area contributed by atoms with Crippen LogP contribution in [0.3, 0.4) is 0 Å². The number of carbonyl (C=O) groups is 1. The van der Waals surface area contributed by atoms with Crippen molar-refractivity contribution in [2.45, 2.75) is 6.42 Å². The number of hydrogen-bond acceptors (Lipinski definition) is 3. The number of aliphatic imine (C=N–C) groups is 1. The van der Waals surface area contributed by atoms with Crippen LogP contribution in [-0.4, -0.2) is 18.4 Å². The van der Waals surface area contributed by atoms with Crippen LogP contribution < -0.4 is 0 Å². The predicted molar refractivity (Wildman–Crippen MR) is 48.5 cm³/mol. The second-order valence-electron chi connectivity index (χ2n) is 2.83. The van der Waals surface area contributed by atoms with Crippen LogP contribution >= 0.6 is 0 Å². The van der Waals surface area contributed by atoms with E-state index in [0.717, 1.165) is 5.56 Å². The van der Waals surface area contributed by atoms with Crippen LogP contribution in [0.25, 0.3) is 0 Å². The summed E-state index contributed by atoms with van der Waals surface area (Å²) in [6, 6.07) is 9.76. The molecular formula is C10H9NO2. The van der Waals surface area contributed by atoms with Crippen molar-refractivity contribution >= 4 is 11.7 Å². The molecule has 0 amide bonds. The first kappa shape index (κ1) is 7.98. The Kier molecular flexibility index (Phi) is 2.08. The van der Waals surface area contributed by atoms with Gasteiger partial charge in [0.05, 0.1) is 0 Å². The third-order valence-electron chi connectivity index (χ3n) is 1.90. The Bertz CT molecular complexity index is 343. The largest absolute Gasteiger partial charge is 0.438 e. The highest BCUT2D eigenvalue weighted by atomic mass is 16.5. The maximum absolute atomic E-state index is 11.0. The van der Waals surface area contributed by atoms with E-state index in [0.29, 0.717) is 12.1 Å². The molecule has 0 spiro atoms. The third-order valence-corrected chi connectivity index (χ3v) is 1.90. The number of esters is 1. The Hall–Kier alpha value is -1.64. The Morgan fingerprint density at radius 1 is 1.31 bits per heavy atom. The van der Waals surface area contributed by atoms with Gasteiger partial charge in [0.1, 0.15) is 5.71 Å². The van der Waals surface area contributed by atoms with Crippen molar-refractivity contribution in [1.82, 2.24) is 0 Å². The van der Waals surface area contributed by atoms with Crippen LogP contribution in [0.5, 0.6) is 0 Å². The maximum Gasteiger partial charge on any atom is 0.354 e. The van der Waals surface area contributed by atoms with E-state index in [4.69, 9.17) is 4.74 Å². The molecule has 1 aliphatic rings. The van der Waals surface area contributed by atoms with Gasteiger partial charge in [-0.25, -0.2) is 9.79 Å². The van der Waals surface area contributed by atoms with Gasteiger partial charge in [-0.15, -0.1) is 0 Å². The SMILES string of the molecule is O=C1OCN=C1Cc1ccccc1. The number of nitrogens with zero attached hydrogens (tertiary/aromatic N) is 1. The van der Waals surface area contributed by atoms with Crippen molar-refractivity contribution in [1.29, 1.82) is 0 Å². The Labute approximate surface area is 76.1 Å². The Morgan fingerprint density at radius 2 is 2.08 bits per heavy atom. The van der Waals surface area contributed by atoms with Gasteiger partial charge >= 0.3 is 5.97 Å². The Balaban J connectivity index is 2.11. The van der Waals surface area contributed by atoms with Gasteiger partial charge in [-0.05, 0) is 5.56 Å². The third kappa shape index (κ3) is 1.75. The van der Waals surface area contributed by atoms with Crippen molar-refractivity contribution in [2.75, 3.05) is 6.73 Å². The molecule has 0 radical (unpaired) electrons. The zero-order valence-corrected chi connectivity index (χ0v) is 7.06. The smallest absolute Gasteiger partial charge is 0.354 e. The fraction of sp³-hybridized carbons (Fsp3) is 0.200. The highest BCUT2D eigenvalue weighted by molar-refractivity contribution is 6.37. The Morgan fingerprint density at radius 3 is 2.69 bits per heavy atom. The van der Waals surface area contributed by atoms with E-state index in [1.54, 1.807) is 0 Å². The van der Waals surface area contributed by atoms with Crippen LogP contribution in [0, 0.1) is 0 Å². The number of carbonyl (C=O) groups excluding carboxylic acids is 1. The average molecular weight is 175 g/mol. The lowest BCUT2D eigenvalue weighted by Crippen LogP contribution is -2.12. The molecule has 66 valence electrons. The average Bonchev–Trinajstić information content (AvgIpc) is 2.54. The number of hydrogen-bond donors (Lipinski definition) is 0. The molecule has 1 aliphatic heterocycles. The number of cyclic esters (lactones) is 1. The second-order valence-corrected chi connectivity index (χ2v) is 2.83. The van der Waals surface area contributed by atoms with Gasteiger partial charge in [0.2, 0.25) is 0 Å². The molecule has 2 rings (SSSR count). The van der Waals surface area contributed by atoms with Gasteiger partial charge in [-0.2, -0.15) is 0 Å². The van der Waals surface area contributed by atoms with Crippen LogP contribution in [0.1, 0.15) is 5.56 Å². The van der Waals surface area contributed by atoms with E-state index < -0.39 is 0 Å². The molecule has 0 saturated heterocycles. The zero-order valence-electron chi connectivity index (χ0n) is 7.06. The maximum atomic E-state index is 11.0. The zero-order chi connectivity index (χ0) is 9.10. The van der Waals surface area contributed by atoms with E-state index in [1.165, 1.54) is 0 Å². The van der Waals surface area contributed by atoms with Crippen molar-refractivity contribution < 1.29 is 9.53 Å². The summed E-state index contributed by atoms with van der Waals surface area (Å²) in [5.74, 6) is -0.288. The van der Waals surface area contributed by atoms with Gasteiger partial charge < -0.3 is 4.74 Å².